The highest BCUT2D eigenvalue weighted by molar-refractivity contribution is 5.74. The molecular weight excluding hydrogens is 326 g/mol. The van der Waals surface area contributed by atoms with Crippen molar-refractivity contribution in [2.45, 2.75) is 19.5 Å². The molecule has 1 saturated heterocycles. The quantitative estimate of drug-likeness (QED) is 0.897. The second kappa shape index (κ2) is 8.72. The minimum absolute atomic E-state index is 0.0148. The lowest BCUT2D eigenvalue weighted by Gasteiger charge is -2.35. The van der Waals surface area contributed by atoms with Gasteiger partial charge in [-0.05, 0) is 30.2 Å². The lowest BCUT2D eigenvalue weighted by Crippen LogP contribution is -2.51. The van der Waals surface area contributed by atoms with Crippen molar-refractivity contribution in [1.29, 1.82) is 0 Å². The molecule has 0 spiro atoms. The Labute approximate surface area is 155 Å². The van der Waals surface area contributed by atoms with Gasteiger partial charge in [0.15, 0.2) is 0 Å². The van der Waals surface area contributed by atoms with Crippen LogP contribution in [0.15, 0.2) is 54.6 Å². The Morgan fingerprint density at radius 3 is 2.31 bits per heavy atom. The highest BCUT2D eigenvalue weighted by Crippen LogP contribution is 2.15. The average molecular weight is 353 g/mol. The fourth-order valence-electron chi connectivity index (χ4n) is 3.20. The summed E-state index contributed by atoms with van der Waals surface area (Å²) < 4.78 is 5.20. The van der Waals surface area contributed by atoms with Crippen LogP contribution in [0.1, 0.15) is 24.1 Å². The molecule has 1 fully saturated rings. The molecule has 1 atom stereocenters. The number of carbonyl (C=O) groups excluding carboxylic acids is 1. The van der Waals surface area contributed by atoms with Gasteiger partial charge in [0.1, 0.15) is 5.75 Å². The first-order valence-electron chi connectivity index (χ1n) is 9.11. The first-order valence-corrected chi connectivity index (χ1v) is 9.11. The number of methoxy groups -OCH3 is 1. The van der Waals surface area contributed by atoms with E-state index in [1.807, 2.05) is 54.3 Å². The molecule has 1 N–H and O–H groups in total. The number of carbonyl (C=O) groups is 1. The SMILES string of the molecule is COc1ccc(CN2CCN(C(=O)NC(C)c3ccccc3)CC2)cc1. The van der Waals surface area contributed by atoms with Gasteiger partial charge in [0.05, 0.1) is 13.2 Å². The van der Waals surface area contributed by atoms with Crippen molar-refractivity contribution in [3.8, 4) is 5.75 Å². The number of piperazine rings is 1. The van der Waals surface area contributed by atoms with Crippen molar-refractivity contribution in [2.24, 2.45) is 0 Å². The predicted molar refractivity (Wildman–Crippen MR) is 103 cm³/mol. The van der Waals surface area contributed by atoms with Crippen molar-refractivity contribution >= 4 is 6.03 Å². The molecule has 2 aromatic rings. The third-order valence-corrected chi connectivity index (χ3v) is 4.86. The van der Waals surface area contributed by atoms with Crippen LogP contribution in [-0.4, -0.2) is 49.1 Å². The number of nitrogens with zero attached hydrogens (tertiary/aromatic N) is 2. The molecule has 0 radical (unpaired) electrons. The van der Waals surface area contributed by atoms with Crippen LogP contribution in [-0.2, 0) is 6.54 Å². The Kier molecular flexibility index (Phi) is 6.12. The number of benzene rings is 2. The van der Waals surface area contributed by atoms with Crippen LogP contribution >= 0.6 is 0 Å². The fraction of sp³-hybridized carbons (Fsp3) is 0.381. The summed E-state index contributed by atoms with van der Waals surface area (Å²) in [5.41, 5.74) is 2.39. The summed E-state index contributed by atoms with van der Waals surface area (Å²) in [7, 11) is 1.68. The molecule has 26 heavy (non-hydrogen) atoms. The van der Waals surface area contributed by atoms with E-state index < -0.39 is 0 Å². The van der Waals surface area contributed by atoms with Crippen LogP contribution in [0.3, 0.4) is 0 Å². The topological polar surface area (TPSA) is 44.8 Å². The summed E-state index contributed by atoms with van der Waals surface area (Å²) >= 11 is 0. The van der Waals surface area contributed by atoms with Crippen molar-refractivity contribution in [3.63, 3.8) is 0 Å². The maximum absolute atomic E-state index is 12.5. The summed E-state index contributed by atoms with van der Waals surface area (Å²) in [4.78, 5) is 16.8. The van der Waals surface area contributed by atoms with E-state index in [1.54, 1.807) is 7.11 Å². The summed E-state index contributed by atoms with van der Waals surface area (Å²) in [5.74, 6) is 0.878. The molecule has 0 aromatic heterocycles. The van der Waals surface area contributed by atoms with E-state index in [1.165, 1.54) is 5.56 Å². The number of hydrogen-bond acceptors (Lipinski definition) is 3. The van der Waals surface area contributed by atoms with Crippen molar-refractivity contribution in [1.82, 2.24) is 15.1 Å². The predicted octanol–water partition coefficient (Wildman–Crippen LogP) is 3.28. The van der Waals surface area contributed by atoms with Gasteiger partial charge in [-0.3, -0.25) is 4.90 Å². The van der Waals surface area contributed by atoms with E-state index in [0.29, 0.717) is 0 Å². The highest BCUT2D eigenvalue weighted by atomic mass is 16.5. The number of rotatable bonds is 5. The van der Waals surface area contributed by atoms with Crippen LogP contribution < -0.4 is 10.1 Å². The molecule has 1 aliphatic heterocycles. The van der Waals surface area contributed by atoms with Crippen LogP contribution in [0.2, 0.25) is 0 Å². The van der Waals surface area contributed by atoms with Crippen LogP contribution in [0, 0.1) is 0 Å². The maximum atomic E-state index is 12.5. The van der Waals surface area contributed by atoms with Gasteiger partial charge in [-0.25, -0.2) is 4.79 Å². The molecule has 0 aliphatic carbocycles. The third kappa shape index (κ3) is 4.76. The molecule has 0 saturated carbocycles. The smallest absolute Gasteiger partial charge is 0.317 e. The Balaban J connectivity index is 1.46. The number of ether oxygens (including phenoxy) is 1. The van der Waals surface area contributed by atoms with Gasteiger partial charge in [-0.15, -0.1) is 0 Å². The van der Waals surface area contributed by atoms with Crippen LogP contribution in [0.4, 0.5) is 4.79 Å². The number of amides is 2. The summed E-state index contributed by atoms with van der Waals surface area (Å²) in [6.07, 6.45) is 0. The molecule has 2 amide bonds. The van der Waals surface area contributed by atoms with E-state index >= 15 is 0 Å². The fourth-order valence-corrected chi connectivity index (χ4v) is 3.20. The molecule has 1 aliphatic rings. The summed E-state index contributed by atoms with van der Waals surface area (Å²) in [6, 6.07) is 18.3. The first kappa shape index (κ1) is 18.3. The average Bonchev–Trinajstić information content (AvgIpc) is 2.69. The zero-order valence-corrected chi connectivity index (χ0v) is 15.5. The Bertz CT molecular complexity index is 695. The Hall–Kier alpha value is -2.53. The Morgan fingerprint density at radius 2 is 1.69 bits per heavy atom. The van der Waals surface area contributed by atoms with Crippen LogP contribution in [0.5, 0.6) is 5.75 Å². The minimum atomic E-state index is 0.0148. The second-order valence-electron chi connectivity index (χ2n) is 6.69. The molecule has 1 unspecified atom stereocenters. The first-order chi connectivity index (χ1) is 12.7. The summed E-state index contributed by atoms with van der Waals surface area (Å²) in [5, 5.41) is 3.10. The van der Waals surface area contributed by atoms with Gasteiger partial charge in [-0.1, -0.05) is 42.5 Å². The molecule has 1 heterocycles. The van der Waals surface area contributed by atoms with E-state index in [0.717, 1.165) is 44.0 Å². The third-order valence-electron chi connectivity index (χ3n) is 4.86. The number of hydrogen-bond donors (Lipinski definition) is 1. The van der Waals surface area contributed by atoms with Crippen LogP contribution in [0.25, 0.3) is 0 Å². The van der Waals surface area contributed by atoms with Crippen molar-refractivity contribution in [2.75, 3.05) is 33.3 Å². The number of nitrogens with one attached hydrogen (secondary N) is 1. The standard InChI is InChI=1S/C21H27N3O2/c1-17(19-6-4-3-5-7-19)22-21(25)24-14-12-23(13-15-24)16-18-8-10-20(26-2)11-9-18/h3-11,17H,12-16H2,1-2H3,(H,22,25). The van der Waals surface area contributed by atoms with Gasteiger partial charge < -0.3 is 15.0 Å². The monoisotopic (exact) mass is 353 g/mol. The van der Waals surface area contributed by atoms with Gasteiger partial charge in [-0.2, -0.15) is 0 Å². The molecule has 2 aromatic carbocycles. The second-order valence-corrected chi connectivity index (χ2v) is 6.69. The van der Waals surface area contributed by atoms with Gasteiger partial charge in [0.25, 0.3) is 0 Å². The minimum Gasteiger partial charge on any atom is -0.497 e. The van der Waals surface area contributed by atoms with Gasteiger partial charge in [0, 0.05) is 32.7 Å². The van der Waals surface area contributed by atoms with Gasteiger partial charge >= 0.3 is 6.03 Å². The molecule has 5 heteroatoms. The molecular formula is C21H27N3O2. The molecule has 0 bridgehead atoms. The van der Waals surface area contributed by atoms with E-state index in [4.69, 9.17) is 4.74 Å². The zero-order valence-electron chi connectivity index (χ0n) is 15.5. The zero-order chi connectivity index (χ0) is 18.4. The molecule has 3 rings (SSSR count). The van der Waals surface area contributed by atoms with E-state index in [2.05, 4.69) is 22.3 Å². The molecule has 138 valence electrons. The summed E-state index contributed by atoms with van der Waals surface area (Å²) in [6.45, 7) is 6.21. The molecule has 5 nitrogen and oxygen atoms in total. The normalized spacial score (nSPS) is 16.2. The number of urea groups is 1. The van der Waals surface area contributed by atoms with E-state index in [-0.39, 0.29) is 12.1 Å². The maximum Gasteiger partial charge on any atom is 0.317 e. The van der Waals surface area contributed by atoms with Crippen molar-refractivity contribution in [3.05, 3.63) is 65.7 Å². The largest absolute Gasteiger partial charge is 0.497 e. The highest BCUT2D eigenvalue weighted by Gasteiger charge is 2.22. The Morgan fingerprint density at radius 1 is 1.04 bits per heavy atom. The lowest BCUT2D eigenvalue weighted by atomic mass is 10.1. The van der Waals surface area contributed by atoms with Gasteiger partial charge in [0.2, 0.25) is 0 Å². The van der Waals surface area contributed by atoms with Crippen molar-refractivity contribution < 1.29 is 9.53 Å². The van der Waals surface area contributed by atoms with E-state index in [9.17, 15) is 4.79 Å². The lowest BCUT2D eigenvalue weighted by molar-refractivity contribution is 0.133.